The highest BCUT2D eigenvalue weighted by Crippen LogP contribution is 2.15. The van der Waals surface area contributed by atoms with E-state index in [9.17, 15) is 4.79 Å². The average Bonchev–Trinajstić information content (AvgIpc) is 2.91. The number of rotatable bonds is 2. The third kappa shape index (κ3) is 2.29. The van der Waals surface area contributed by atoms with Gasteiger partial charge in [0, 0.05) is 18.1 Å². The Labute approximate surface area is 102 Å². The molecule has 1 aromatic heterocycles. The SMILES string of the molecule is CN(C(=O)c1csnn1)c1ccc(C#N)cc1. The molecule has 0 saturated carbocycles. The molecule has 0 N–H and O–H groups in total. The molecule has 0 saturated heterocycles. The van der Waals surface area contributed by atoms with Gasteiger partial charge in [0.15, 0.2) is 5.69 Å². The lowest BCUT2D eigenvalue weighted by Gasteiger charge is -2.15. The molecule has 0 unspecified atom stereocenters. The van der Waals surface area contributed by atoms with Crippen molar-refractivity contribution in [3.05, 3.63) is 40.9 Å². The molecule has 0 aliphatic carbocycles. The van der Waals surface area contributed by atoms with Crippen molar-refractivity contribution < 1.29 is 4.79 Å². The van der Waals surface area contributed by atoms with Crippen molar-refractivity contribution in [2.75, 3.05) is 11.9 Å². The smallest absolute Gasteiger partial charge is 0.279 e. The summed E-state index contributed by atoms with van der Waals surface area (Å²) in [5.41, 5.74) is 1.59. The van der Waals surface area contributed by atoms with Crippen molar-refractivity contribution in [1.82, 2.24) is 9.59 Å². The summed E-state index contributed by atoms with van der Waals surface area (Å²) in [6.07, 6.45) is 0. The number of carbonyl (C=O) groups is 1. The fourth-order valence-electron chi connectivity index (χ4n) is 1.31. The van der Waals surface area contributed by atoms with Crippen LogP contribution >= 0.6 is 11.5 Å². The zero-order chi connectivity index (χ0) is 12.3. The first-order valence-electron chi connectivity index (χ1n) is 4.77. The highest BCUT2D eigenvalue weighted by molar-refractivity contribution is 7.03. The summed E-state index contributed by atoms with van der Waals surface area (Å²) in [7, 11) is 1.66. The Balaban J connectivity index is 2.22. The standard InChI is InChI=1S/C11H8N4OS/c1-15(11(16)10-7-17-14-13-10)9-4-2-8(6-12)3-5-9/h2-5,7H,1H3. The van der Waals surface area contributed by atoms with Crippen molar-refractivity contribution in [1.29, 1.82) is 5.26 Å². The number of aromatic nitrogens is 2. The quantitative estimate of drug-likeness (QED) is 0.806. The molecule has 17 heavy (non-hydrogen) atoms. The lowest BCUT2D eigenvalue weighted by molar-refractivity contribution is 0.0988. The van der Waals surface area contributed by atoms with Crippen LogP contribution in [0, 0.1) is 11.3 Å². The fraction of sp³-hybridized carbons (Fsp3) is 0.0909. The van der Waals surface area contributed by atoms with E-state index < -0.39 is 0 Å². The molecule has 1 heterocycles. The molecule has 1 aromatic carbocycles. The van der Waals surface area contributed by atoms with Crippen LogP contribution in [-0.2, 0) is 0 Å². The zero-order valence-electron chi connectivity index (χ0n) is 8.99. The summed E-state index contributed by atoms with van der Waals surface area (Å²) in [5, 5.41) is 14.0. The molecular weight excluding hydrogens is 236 g/mol. The van der Waals surface area contributed by atoms with Crippen molar-refractivity contribution >= 4 is 23.1 Å². The number of nitriles is 1. The molecule has 2 rings (SSSR count). The predicted molar refractivity (Wildman–Crippen MR) is 63.8 cm³/mol. The molecule has 2 aromatic rings. The Morgan fingerprint density at radius 2 is 2.12 bits per heavy atom. The van der Waals surface area contributed by atoms with Crippen LogP contribution in [0.25, 0.3) is 0 Å². The molecule has 0 atom stereocenters. The minimum Gasteiger partial charge on any atom is -0.310 e. The number of hydrogen-bond acceptors (Lipinski definition) is 5. The highest BCUT2D eigenvalue weighted by atomic mass is 32.1. The number of amides is 1. The maximum absolute atomic E-state index is 11.9. The van der Waals surface area contributed by atoms with Gasteiger partial charge in [0.25, 0.3) is 5.91 Å². The lowest BCUT2D eigenvalue weighted by atomic mass is 10.2. The molecule has 0 fully saturated rings. The Bertz CT molecular complexity index is 556. The van der Waals surface area contributed by atoms with Gasteiger partial charge in [0.2, 0.25) is 0 Å². The summed E-state index contributed by atoms with van der Waals surface area (Å²) >= 11 is 1.13. The third-order valence-electron chi connectivity index (χ3n) is 2.27. The minimum absolute atomic E-state index is 0.219. The second kappa shape index (κ2) is 4.72. The summed E-state index contributed by atoms with van der Waals surface area (Å²) in [4.78, 5) is 13.4. The Morgan fingerprint density at radius 3 is 2.65 bits per heavy atom. The second-order valence-corrected chi connectivity index (χ2v) is 3.92. The number of nitrogens with zero attached hydrogens (tertiary/aromatic N) is 4. The van der Waals surface area contributed by atoms with Gasteiger partial charge in [-0.1, -0.05) is 4.49 Å². The maximum Gasteiger partial charge on any atom is 0.279 e. The summed E-state index contributed by atoms with van der Waals surface area (Å²) < 4.78 is 3.65. The van der Waals surface area contributed by atoms with E-state index in [0.29, 0.717) is 16.9 Å². The first-order valence-corrected chi connectivity index (χ1v) is 5.61. The van der Waals surface area contributed by atoms with Crippen LogP contribution in [0.4, 0.5) is 5.69 Å². The van der Waals surface area contributed by atoms with Crippen molar-refractivity contribution in [3.8, 4) is 6.07 Å². The largest absolute Gasteiger partial charge is 0.310 e. The molecule has 5 nitrogen and oxygen atoms in total. The first kappa shape index (κ1) is 11.2. The van der Waals surface area contributed by atoms with Gasteiger partial charge in [-0.25, -0.2) is 0 Å². The van der Waals surface area contributed by atoms with Crippen LogP contribution in [0.5, 0.6) is 0 Å². The van der Waals surface area contributed by atoms with Crippen LogP contribution in [0.15, 0.2) is 29.6 Å². The Kier molecular flexibility index (Phi) is 3.12. The van der Waals surface area contributed by atoms with Gasteiger partial charge in [0.1, 0.15) is 0 Å². The molecule has 0 aliphatic heterocycles. The zero-order valence-corrected chi connectivity index (χ0v) is 9.81. The van der Waals surface area contributed by atoms with E-state index >= 15 is 0 Å². The van der Waals surface area contributed by atoms with Crippen LogP contribution in [-0.4, -0.2) is 22.5 Å². The van der Waals surface area contributed by atoms with E-state index in [1.807, 2.05) is 6.07 Å². The van der Waals surface area contributed by atoms with Crippen LogP contribution < -0.4 is 4.90 Å². The fourth-order valence-corrected chi connectivity index (χ4v) is 1.74. The van der Waals surface area contributed by atoms with Crippen molar-refractivity contribution in [3.63, 3.8) is 0 Å². The summed E-state index contributed by atoms with van der Waals surface area (Å²) in [5.74, 6) is -0.219. The minimum atomic E-state index is -0.219. The Hall–Kier alpha value is -2.26. The van der Waals surface area contributed by atoms with Crippen LogP contribution in [0.1, 0.15) is 16.1 Å². The van der Waals surface area contributed by atoms with E-state index in [-0.39, 0.29) is 5.91 Å². The second-order valence-electron chi connectivity index (χ2n) is 3.31. The highest BCUT2D eigenvalue weighted by Gasteiger charge is 2.15. The van der Waals surface area contributed by atoms with E-state index in [4.69, 9.17) is 5.26 Å². The van der Waals surface area contributed by atoms with Gasteiger partial charge < -0.3 is 4.90 Å². The molecular formula is C11H8N4OS. The lowest BCUT2D eigenvalue weighted by Crippen LogP contribution is -2.26. The van der Waals surface area contributed by atoms with Crippen LogP contribution in [0.2, 0.25) is 0 Å². The number of anilines is 1. The third-order valence-corrected chi connectivity index (χ3v) is 2.77. The van der Waals surface area contributed by atoms with Crippen LogP contribution in [0.3, 0.4) is 0 Å². The molecule has 1 amide bonds. The van der Waals surface area contributed by atoms with Gasteiger partial charge in [-0.3, -0.25) is 4.79 Å². The van der Waals surface area contributed by atoms with Gasteiger partial charge in [-0.2, -0.15) is 5.26 Å². The van der Waals surface area contributed by atoms with Crippen molar-refractivity contribution in [2.45, 2.75) is 0 Å². The van der Waals surface area contributed by atoms with Crippen molar-refractivity contribution in [2.24, 2.45) is 0 Å². The Morgan fingerprint density at radius 1 is 1.41 bits per heavy atom. The van der Waals surface area contributed by atoms with E-state index in [1.165, 1.54) is 4.90 Å². The number of benzene rings is 1. The monoisotopic (exact) mass is 244 g/mol. The van der Waals surface area contributed by atoms with E-state index in [1.54, 1.807) is 36.7 Å². The molecule has 0 radical (unpaired) electrons. The maximum atomic E-state index is 11.9. The molecule has 6 heteroatoms. The van der Waals surface area contributed by atoms with E-state index in [2.05, 4.69) is 9.59 Å². The topological polar surface area (TPSA) is 69.9 Å². The molecule has 0 bridgehead atoms. The van der Waals surface area contributed by atoms with E-state index in [0.717, 1.165) is 11.5 Å². The summed E-state index contributed by atoms with van der Waals surface area (Å²) in [6.45, 7) is 0. The van der Waals surface area contributed by atoms with Gasteiger partial charge in [-0.15, -0.1) is 5.10 Å². The van der Waals surface area contributed by atoms with Gasteiger partial charge in [-0.05, 0) is 35.8 Å². The number of carbonyl (C=O) groups excluding carboxylic acids is 1. The first-order chi connectivity index (χ1) is 8.22. The summed E-state index contributed by atoms with van der Waals surface area (Å²) in [6, 6.07) is 8.79. The molecule has 84 valence electrons. The molecule has 0 aliphatic rings. The van der Waals surface area contributed by atoms with Gasteiger partial charge in [0.05, 0.1) is 11.6 Å². The normalized spacial score (nSPS) is 9.65. The average molecular weight is 244 g/mol. The van der Waals surface area contributed by atoms with Gasteiger partial charge >= 0.3 is 0 Å². The number of hydrogen-bond donors (Lipinski definition) is 0. The molecule has 0 spiro atoms. The predicted octanol–water partition coefficient (Wildman–Crippen LogP) is 1.69.